The average Bonchev–Trinajstić information content (AvgIpc) is 3.55. The molecule has 11 nitrogen and oxygen atoms in total. The van der Waals surface area contributed by atoms with E-state index in [2.05, 4.69) is 20.9 Å². The maximum absolute atomic E-state index is 12.7. The molecule has 0 spiro atoms. The summed E-state index contributed by atoms with van der Waals surface area (Å²) in [5.41, 5.74) is 8.75. The molecule has 2 heterocycles. The van der Waals surface area contributed by atoms with Crippen LogP contribution in [-0.2, 0) is 4.74 Å². The molecule has 0 atom stereocenters. The molecule has 0 saturated heterocycles. The average molecular weight is 555 g/mol. The van der Waals surface area contributed by atoms with Crippen LogP contribution in [-0.4, -0.2) is 60.5 Å². The third kappa shape index (κ3) is 7.04. The summed E-state index contributed by atoms with van der Waals surface area (Å²) >= 11 is 2.62. The van der Waals surface area contributed by atoms with Gasteiger partial charge in [-0.3, -0.25) is 10.1 Å². The van der Waals surface area contributed by atoms with Crippen molar-refractivity contribution in [2.45, 2.75) is 0 Å². The van der Waals surface area contributed by atoms with Gasteiger partial charge in [-0.05, 0) is 30.3 Å². The molecule has 0 bridgehead atoms. The smallest absolute Gasteiger partial charge is 0.321 e. The van der Waals surface area contributed by atoms with Crippen LogP contribution >= 0.6 is 22.7 Å². The van der Waals surface area contributed by atoms with Crippen LogP contribution in [0.2, 0.25) is 0 Å². The lowest BCUT2D eigenvalue weighted by molar-refractivity contribution is 0.0950. The summed E-state index contributed by atoms with van der Waals surface area (Å²) in [7, 11) is 1.55. The number of nitrogens with zero attached hydrogens (tertiary/aromatic N) is 2. The van der Waals surface area contributed by atoms with Gasteiger partial charge in [0, 0.05) is 28.7 Å². The number of benzene rings is 2. The van der Waals surface area contributed by atoms with Crippen molar-refractivity contribution in [3.8, 4) is 26.9 Å². The van der Waals surface area contributed by atoms with Gasteiger partial charge in [0.2, 0.25) is 0 Å². The second-order valence-corrected chi connectivity index (χ2v) is 9.61. The molecule has 0 aliphatic rings. The molecular weight excluding hydrogens is 528 g/mol. The number of nitrogens with two attached hydrogens (primary N) is 1. The van der Waals surface area contributed by atoms with Crippen molar-refractivity contribution in [2.75, 3.05) is 49.8 Å². The van der Waals surface area contributed by atoms with E-state index in [1.165, 1.54) is 22.7 Å². The summed E-state index contributed by atoms with van der Waals surface area (Å²) in [5.74, 6) is 0.613. The van der Waals surface area contributed by atoms with Crippen LogP contribution in [0.25, 0.3) is 21.1 Å². The number of hydrogen-bond acceptors (Lipinski definition) is 10. The molecule has 2 aromatic carbocycles. The van der Waals surface area contributed by atoms with Crippen molar-refractivity contribution >= 4 is 51.2 Å². The fourth-order valence-corrected chi connectivity index (χ4v) is 5.13. The Bertz CT molecular complexity index is 1410. The quantitative estimate of drug-likeness (QED) is 0.174. The Morgan fingerprint density at radius 1 is 1.08 bits per heavy atom. The highest BCUT2D eigenvalue weighted by Crippen LogP contribution is 2.38. The molecule has 0 aliphatic heterocycles. The number of aliphatic hydroxyl groups is 1. The van der Waals surface area contributed by atoms with Gasteiger partial charge in [0.25, 0.3) is 5.91 Å². The number of urea groups is 1. The summed E-state index contributed by atoms with van der Waals surface area (Å²) in [6, 6.07) is 13.9. The van der Waals surface area contributed by atoms with Crippen LogP contribution in [0, 0.1) is 0 Å². The van der Waals surface area contributed by atoms with Gasteiger partial charge >= 0.3 is 6.03 Å². The lowest BCUT2D eigenvalue weighted by Crippen LogP contribution is -2.31. The minimum Gasteiger partial charge on any atom is -0.497 e. The predicted molar refractivity (Wildman–Crippen MR) is 149 cm³/mol. The van der Waals surface area contributed by atoms with Crippen molar-refractivity contribution in [1.29, 1.82) is 0 Å². The molecule has 0 radical (unpaired) electrons. The number of carbonyl (C=O) groups is 2. The molecule has 0 fully saturated rings. The van der Waals surface area contributed by atoms with Gasteiger partial charge in [0.05, 0.1) is 32.6 Å². The molecular formula is C25H26N6O5S2. The monoisotopic (exact) mass is 554 g/mol. The Morgan fingerprint density at radius 2 is 1.92 bits per heavy atom. The third-order valence-electron chi connectivity index (χ3n) is 5.09. The standard InChI is InChI=1S/C25H26N6O5S2/c1-35-18-7-3-5-16(13-18)22(33)28-17-6-2-4-15(12-17)19-14-37-23(29-19)20-21(26)30-25(38-20)31-24(34)27-8-10-36-11-9-32/h2-7,12-14,32H,8-11,26H2,1H3,(H,28,33)(H2,27,30,31,34). The second kappa shape index (κ2) is 13.0. The maximum Gasteiger partial charge on any atom is 0.321 e. The topological polar surface area (TPSA) is 161 Å². The van der Waals surface area contributed by atoms with Crippen LogP contribution in [0.4, 0.5) is 21.4 Å². The normalized spacial score (nSPS) is 10.7. The fraction of sp³-hybridized carbons (Fsp3) is 0.200. The summed E-state index contributed by atoms with van der Waals surface area (Å²) in [4.78, 5) is 34.3. The van der Waals surface area contributed by atoms with E-state index in [0.29, 0.717) is 37.7 Å². The van der Waals surface area contributed by atoms with Crippen LogP contribution in [0.15, 0.2) is 53.9 Å². The molecule has 38 heavy (non-hydrogen) atoms. The number of anilines is 3. The number of aromatic nitrogens is 2. The van der Waals surface area contributed by atoms with E-state index in [9.17, 15) is 9.59 Å². The van der Waals surface area contributed by atoms with E-state index in [-0.39, 0.29) is 38.1 Å². The van der Waals surface area contributed by atoms with Gasteiger partial charge in [-0.2, -0.15) is 0 Å². The lowest BCUT2D eigenvalue weighted by atomic mass is 10.1. The first kappa shape index (κ1) is 27.0. The van der Waals surface area contributed by atoms with E-state index >= 15 is 0 Å². The molecule has 2 aromatic heterocycles. The number of ether oxygens (including phenoxy) is 2. The Hall–Kier alpha value is -4.04. The van der Waals surface area contributed by atoms with E-state index in [1.54, 1.807) is 37.4 Å². The SMILES string of the molecule is COc1cccc(C(=O)Nc2cccc(-c3csc(-c4sc(NC(=O)NCCOCCO)nc4N)n3)c2)c1. The minimum absolute atomic E-state index is 0.0713. The van der Waals surface area contributed by atoms with E-state index in [1.807, 2.05) is 23.6 Å². The van der Waals surface area contributed by atoms with Crippen molar-refractivity contribution in [2.24, 2.45) is 0 Å². The van der Waals surface area contributed by atoms with E-state index < -0.39 is 6.03 Å². The first-order valence-corrected chi connectivity index (χ1v) is 13.2. The van der Waals surface area contributed by atoms with Gasteiger partial charge in [0.1, 0.15) is 21.5 Å². The number of amides is 3. The molecule has 3 amide bonds. The van der Waals surface area contributed by atoms with E-state index in [4.69, 9.17) is 25.3 Å². The molecule has 0 saturated carbocycles. The number of thiazole rings is 2. The maximum atomic E-state index is 12.7. The van der Waals surface area contributed by atoms with E-state index in [0.717, 1.165) is 5.56 Å². The van der Waals surface area contributed by atoms with Crippen LogP contribution in [0.3, 0.4) is 0 Å². The number of methoxy groups -OCH3 is 1. The Labute approximate surface area is 226 Å². The van der Waals surface area contributed by atoms with Crippen molar-refractivity contribution in [3.05, 3.63) is 59.5 Å². The first-order valence-electron chi connectivity index (χ1n) is 11.5. The summed E-state index contributed by atoms with van der Waals surface area (Å²) < 4.78 is 10.3. The zero-order valence-corrected chi connectivity index (χ0v) is 22.0. The third-order valence-corrected chi connectivity index (χ3v) is 7.07. The highest BCUT2D eigenvalue weighted by Gasteiger charge is 2.17. The van der Waals surface area contributed by atoms with Gasteiger partial charge in [-0.1, -0.05) is 29.5 Å². The molecule has 198 valence electrons. The summed E-state index contributed by atoms with van der Waals surface area (Å²) in [6.45, 7) is 0.716. The predicted octanol–water partition coefficient (Wildman–Crippen LogP) is 3.91. The Morgan fingerprint density at radius 3 is 2.74 bits per heavy atom. The van der Waals surface area contributed by atoms with Crippen molar-refractivity contribution < 1.29 is 24.2 Å². The zero-order valence-electron chi connectivity index (χ0n) is 20.4. The Kier molecular flexibility index (Phi) is 9.21. The van der Waals surface area contributed by atoms with Crippen molar-refractivity contribution in [3.63, 3.8) is 0 Å². The summed E-state index contributed by atoms with van der Waals surface area (Å²) in [5, 5.41) is 19.8. The van der Waals surface area contributed by atoms with Gasteiger partial charge in [-0.25, -0.2) is 14.8 Å². The molecule has 0 aliphatic carbocycles. The number of hydrogen-bond donors (Lipinski definition) is 5. The fourth-order valence-electron chi connectivity index (χ4n) is 3.32. The molecule has 4 rings (SSSR count). The van der Waals surface area contributed by atoms with Crippen LogP contribution < -0.4 is 26.4 Å². The van der Waals surface area contributed by atoms with Crippen LogP contribution in [0.5, 0.6) is 5.75 Å². The number of nitrogens with one attached hydrogen (secondary N) is 3. The second-order valence-electron chi connectivity index (χ2n) is 7.76. The first-order chi connectivity index (χ1) is 18.5. The molecule has 0 unspecified atom stereocenters. The molecule has 6 N–H and O–H groups in total. The van der Waals surface area contributed by atoms with Crippen molar-refractivity contribution in [1.82, 2.24) is 15.3 Å². The molecule has 4 aromatic rings. The number of rotatable bonds is 11. The summed E-state index contributed by atoms with van der Waals surface area (Å²) in [6.07, 6.45) is 0. The van der Waals surface area contributed by atoms with Crippen LogP contribution in [0.1, 0.15) is 10.4 Å². The minimum atomic E-state index is -0.439. The van der Waals surface area contributed by atoms with Gasteiger partial charge < -0.3 is 30.9 Å². The largest absolute Gasteiger partial charge is 0.497 e. The molecule has 13 heteroatoms. The van der Waals surface area contributed by atoms with Gasteiger partial charge in [0.15, 0.2) is 5.13 Å². The number of carbonyl (C=O) groups excluding carboxylic acids is 2. The zero-order chi connectivity index (χ0) is 26.9. The number of nitrogen functional groups attached to an aromatic ring is 1. The highest BCUT2D eigenvalue weighted by molar-refractivity contribution is 7.23. The Balaban J connectivity index is 1.41. The number of aliphatic hydroxyl groups excluding tert-OH is 1. The van der Waals surface area contributed by atoms with Gasteiger partial charge in [-0.15, -0.1) is 11.3 Å². The lowest BCUT2D eigenvalue weighted by Gasteiger charge is -2.08. The highest BCUT2D eigenvalue weighted by atomic mass is 32.1.